The highest BCUT2D eigenvalue weighted by molar-refractivity contribution is 5.34. The largest absolute Gasteiger partial charge is 0.339 e. The summed E-state index contributed by atoms with van der Waals surface area (Å²) in [5.74, 6) is -13.9. The molecule has 2 aromatic rings. The maximum atomic E-state index is 14.2. The van der Waals surface area contributed by atoms with E-state index < -0.39 is 40.9 Å². The van der Waals surface area contributed by atoms with Crippen LogP contribution in [0.1, 0.15) is 22.3 Å². The first kappa shape index (κ1) is 19.2. The normalized spacial score (nSPS) is 13.4. The smallest absolute Gasteiger partial charge is 0.203 e. The summed E-state index contributed by atoms with van der Waals surface area (Å²) in [6.45, 7) is 1.59. The lowest BCUT2D eigenvalue weighted by Crippen LogP contribution is -2.35. The molecule has 25 heavy (non-hydrogen) atoms. The van der Waals surface area contributed by atoms with E-state index in [1.165, 1.54) is 12.1 Å². The third-order valence-electron chi connectivity index (χ3n) is 3.71. The third-order valence-corrected chi connectivity index (χ3v) is 3.71. The van der Waals surface area contributed by atoms with Gasteiger partial charge in [0.1, 0.15) is 0 Å². The second kappa shape index (κ2) is 6.31. The zero-order valence-corrected chi connectivity index (χ0v) is 12.7. The summed E-state index contributed by atoms with van der Waals surface area (Å²) in [4.78, 5) is 0. The van der Waals surface area contributed by atoms with Gasteiger partial charge in [0, 0.05) is 16.7 Å². The Morgan fingerprint density at radius 2 is 0.920 bits per heavy atom. The first-order valence-electron chi connectivity index (χ1n) is 7.00. The Balaban J connectivity index is 2.40. The highest BCUT2D eigenvalue weighted by atomic mass is 19.3. The summed E-state index contributed by atoms with van der Waals surface area (Å²) in [5.41, 5.74) is -2.86. The Kier molecular flexibility index (Phi) is 4.85. The molecule has 0 aromatic heterocycles. The first-order valence-corrected chi connectivity index (χ1v) is 7.00. The van der Waals surface area contributed by atoms with Crippen LogP contribution < -0.4 is 0 Å². The van der Waals surface area contributed by atoms with Gasteiger partial charge in [-0.1, -0.05) is 54.1 Å². The van der Waals surface area contributed by atoms with E-state index in [0.29, 0.717) is 29.8 Å². The predicted molar refractivity (Wildman–Crippen MR) is 75.3 cm³/mol. The molecule has 0 saturated carbocycles. The number of alkyl halides is 8. The minimum atomic E-state index is -4.72. The molecule has 0 spiro atoms. The van der Waals surface area contributed by atoms with Gasteiger partial charge in [0.05, 0.1) is 0 Å². The van der Waals surface area contributed by atoms with Crippen molar-refractivity contribution in [2.45, 2.75) is 31.1 Å². The predicted octanol–water partition coefficient (Wildman–Crippen LogP) is 6.24. The van der Waals surface area contributed by atoms with Crippen LogP contribution in [-0.2, 0) is 17.8 Å². The van der Waals surface area contributed by atoms with Gasteiger partial charge in [-0.25, -0.2) is 8.78 Å². The molecule has 0 aliphatic heterocycles. The summed E-state index contributed by atoms with van der Waals surface area (Å²) >= 11 is 0. The van der Waals surface area contributed by atoms with Gasteiger partial charge >= 0.3 is 24.2 Å². The van der Waals surface area contributed by atoms with Crippen LogP contribution in [0.2, 0.25) is 0 Å². The topological polar surface area (TPSA) is 0 Å². The van der Waals surface area contributed by atoms with Crippen LogP contribution in [0.4, 0.5) is 35.1 Å². The molecule has 2 rings (SSSR count). The number of hydrogen-bond acceptors (Lipinski definition) is 0. The summed E-state index contributed by atoms with van der Waals surface area (Å²) in [6, 6.07) is 5.31. The molecular weight excluding hydrogens is 356 g/mol. The maximum Gasteiger partial charge on any atom is 0.339 e. The molecule has 0 amide bonds. The Morgan fingerprint density at radius 3 is 1.28 bits per heavy atom. The fourth-order valence-corrected chi connectivity index (χ4v) is 2.15. The van der Waals surface area contributed by atoms with Crippen molar-refractivity contribution in [1.29, 1.82) is 0 Å². The van der Waals surface area contributed by atoms with E-state index in [4.69, 9.17) is 0 Å². The Morgan fingerprint density at radius 1 is 0.600 bits per heavy atom. The van der Waals surface area contributed by atoms with Gasteiger partial charge in [0.2, 0.25) is 0 Å². The van der Waals surface area contributed by atoms with Crippen molar-refractivity contribution in [3.8, 4) is 0 Å². The standard InChI is InChI=1S/C17H12F8/c1-10-2-4-12(5-3-10)16(22,23)17(24,25)13-8-6-11(7-9-13)15(20,21)14(18)19/h2-9,14H,1H3. The van der Waals surface area contributed by atoms with E-state index in [0.717, 1.165) is 12.1 Å². The molecule has 0 nitrogen and oxygen atoms in total. The van der Waals surface area contributed by atoms with Crippen molar-refractivity contribution in [3.63, 3.8) is 0 Å². The van der Waals surface area contributed by atoms with Crippen molar-refractivity contribution >= 4 is 0 Å². The van der Waals surface area contributed by atoms with Crippen LogP contribution in [-0.4, -0.2) is 6.43 Å². The zero-order valence-electron chi connectivity index (χ0n) is 12.7. The number of benzene rings is 2. The lowest BCUT2D eigenvalue weighted by molar-refractivity contribution is -0.223. The molecular formula is C17H12F8. The summed E-state index contributed by atoms with van der Waals surface area (Å²) < 4.78 is 108. The van der Waals surface area contributed by atoms with Crippen molar-refractivity contribution in [3.05, 3.63) is 70.8 Å². The quantitative estimate of drug-likeness (QED) is 0.549. The van der Waals surface area contributed by atoms with E-state index in [2.05, 4.69) is 0 Å². The minimum Gasteiger partial charge on any atom is -0.203 e. The maximum absolute atomic E-state index is 14.2. The van der Waals surface area contributed by atoms with Gasteiger partial charge in [-0.2, -0.15) is 26.3 Å². The second-order valence-electron chi connectivity index (χ2n) is 5.52. The van der Waals surface area contributed by atoms with Crippen LogP contribution in [0.3, 0.4) is 0 Å². The molecule has 0 saturated heterocycles. The van der Waals surface area contributed by atoms with Crippen molar-refractivity contribution < 1.29 is 35.1 Å². The van der Waals surface area contributed by atoms with Crippen molar-refractivity contribution in [1.82, 2.24) is 0 Å². The number of aryl methyl sites for hydroxylation is 1. The SMILES string of the molecule is Cc1ccc(C(F)(F)C(F)(F)c2ccc(C(F)(F)C(F)F)cc2)cc1. The summed E-state index contributed by atoms with van der Waals surface area (Å²) in [6.07, 6.45) is -4.05. The van der Waals surface area contributed by atoms with E-state index in [9.17, 15) is 35.1 Å². The average Bonchev–Trinajstić information content (AvgIpc) is 2.55. The van der Waals surface area contributed by atoms with Crippen LogP contribution >= 0.6 is 0 Å². The Labute approximate surface area is 138 Å². The van der Waals surface area contributed by atoms with Crippen molar-refractivity contribution in [2.24, 2.45) is 0 Å². The minimum absolute atomic E-state index is 0.292. The molecule has 0 fully saturated rings. The lowest BCUT2D eigenvalue weighted by atomic mass is 9.94. The lowest BCUT2D eigenvalue weighted by Gasteiger charge is -2.27. The fourth-order valence-electron chi connectivity index (χ4n) is 2.15. The number of halogens is 8. The number of hydrogen-bond donors (Lipinski definition) is 0. The van der Waals surface area contributed by atoms with Gasteiger partial charge in [0.25, 0.3) is 0 Å². The average molecular weight is 368 g/mol. The highest BCUT2D eigenvalue weighted by Gasteiger charge is 2.58. The summed E-state index contributed by atoms with van der Waals surface area (Å²) in [5, 5.41) is 0. The molecule has 0 atom stereocenters. The van der Waals surface area contributed by atoms with Crippen LogP contribution in [0, 0.1) is 6.92 Å². The molecule has 0 radical (unpaired) electrons. The van der Waals surface area contributed by atoms with Gasteiger partial charge in [-0.15, -0.1) is 0 Å². The van der Waals surface area contributed by atoms with Gasteiger partial charge in [-0.05, 0) is 6.92 Å². The Bertz CT molecular complexity index is 717. The van der Waals surface area contributed by atoms with Gasteiger partial charge < -0.3 is 0 Å². The molecule has 136 valence electrons. The van der Waals surface area contributed by atoms with Gasteiger partial charge in [0.15, 0.2) is 0 Å². The van der Waals surface area contributed by atoms with Crippen molar-refractivity contribution in [2.75, 3.05) is 0 Å². The van der Waals surface area contributed by atoms with Crippen LogP contribution in [0.5, 0.6) is 0 Å². The molecule has 0 heterocycles. The molecule has 0 aliphatic carbocycles. The van der Waals surface area contributed by atoms with E-state index in [1.54, 1.807) is 6.92 Å². The van der Waals surface area contributed by atoms with Crippen LogP contribution in [0.15, 0.2) is 48.5 Å². The molecule has 8 heteroatoms. The molecule has 2 aromatic carbocycles. The van der Waals surface area contributed by atoms with Gasteiger partial charge in [-0.3, -0.25) is 0 Å². The molecule has 0 unspecified atom stereocenters. The molecule has 0 bridgehead atoms. The fraction of sp³-hybridized carbons (Fsp3) is 0.294. The van der Waals surface area contributed by atoms with E-state index in [1.807, 2.05) is 0 Å². The van der Waals surface area contributed by atoms with Crippen LogP contribution in [0.25, 0.3) is 0 Å². The summed E-state index contributed by atoms with van der Waals surface area (Å²) in [7, 11) is 0. The second-order valence-corrected chi connectivity index (χ2v) is 5.52. The number of rotatable bonds is 5. The third kappa shape index (κ3) is 3.34. The first-order chi connectivity index (χ1) is 11.4. The highest BCUT2D eigenvalue weighted by Crippen LogP contribution is 2.50. The Hall–Kier alpha value is -2.12. The van der Waals surface area contributed by atoms with E-state index >= 15 is 0 Å². The zero-order chi connectivity index (χ0) is 19.0. The molecule has 0 aliphatic rings. The monoisotopic (exact) mass is 368 g/mol. The molecule has 0 N–H and O–H groups in total. The van der Waals surface area contributed by atoms with E-state index in [-0.39, 0.29) is 0 Å².